The molecule has 0 atom stereocenters. The number of nitrogens with zero attached hydrogens (tertiary/aromatic N) is 3. The van der Waals surface area contributed by atoms with E-state index >= 15 is 0 Å². The van der Waals surface area contributed by atoms with E-state index in [1.54, 1.807) is 0 Å². The van der Waals surface area contributed by atoms with Gasteiger partial charge >= 0.3 is 0 Å². The Balaban J connectivity index is 1.45. The van der Waals surface area contributed by atoms with Crippen LogP contribution in [0.25, 0.3) is 61.3 Å². The minimum atomic E-state index is 0.729. The van der Waals surface area contributed by atoms with Crippen molar-refractivity contribution in [3.63, 3.8) is 0 Å². The van der Waals surface area contributed by atoms with Gasteiger partial charge in [-0.15, -0.1) is 0 Å². The molecule has 0 unspecified atom stereocenters. The van der Waals surface area contributed by atoms with Crippen molar-refractivity contribution in [2.75, 3.05) is 0 Å². The molecule has 2 aromatic heterocycles. The van der Waals surface area contributed by atoms with Crippen molar-refractivity contribution in [3.05, 3.63) is 139 Å². The molecule has 2 heterocycles. The summed E-state index contributed by atoms with van der Waals surface area (Å²) >= 11 is 0. The molecule has 0 aliphatic heterocycles. The molecule has 0 bridgehead atoms. The van der Waals surface area contributed by atoms with Crippen LogP contribution in [0.4, 0.5) is 0 Å². The number of fused-ring (bicyclic) bond motifs is 7. The Morgan fingerprint density at radius 3 is 2.08 bits per heavy atom. The van der Waals surface area contributed by atoms with Crippen molar-refractivity contribution in [2.45, 2.75) is 6.42 Å². The molecule has 0 radical (unpaired) electrons. The van der Waals surface area contributed by atoms with Crippen LogP contribution in [-0.4, -0.2) is 14.5 Å². The molecular weight excluding hydrogens is 462 g/mol. The van der Waals surface area contributed by atoms with Gasteiger partial charge in [-0.2, -0.15) is 0 Å². The molecule has 0 fully saturated rings. The Hall–Kier alpha value is -5.02. The first-order chi connectivity index (χ1) is 18.9. The van der Waals surface area contributed by atoms with E-state index in [9.17, 15) is 0 Å². The average molecular weight is 486 g/mol. The van der Waals surface area contributed by atoms with Crippen LogP contribution in [0.1, 0.15) is 11.1 Å². The van der Waals surface area contributed by atoms with E-state index in [1.165, 1.54) is 44.1 Å². The maximum atomic E-state index is 5.18. The van der Waals surface area contributed by atoms with Crippen molar-refractivity contribution in [1.82, 2.24) is 14.5 Å². The van der Waals surface area contributed by atoms with Gasteiger partial charge in [0.1, 0.15) is 0 Å². The van der Waals surface area contributed by atoms with Gasteiger partial charge in [0.15, 0.2) is 5.82 Å². The van der Waals surface area contributed by atoms with E-state index in [0.717, 1.165) is 34.8 Å². The van der Waals surface area contributed by atoms with E-state index < -0.39 is 0 Å². The summed E-state index contributed by atoms with van der Waals surface area (Å²) in [6.07, 6.45) is 2.92. The molecule has 38 heavy (non-hydrogen) atoms. The highest BCUT2D eigenvalue weighted by atomic mass is 15.0. The molecule has 7 aromatic rings. The second kappa shape index (κ2) is 8.25. The number of hydrogen-bond acceptors (Lipinski definition) is 2. The van der Waals surface area contributed by atoms with Crippen molar-refractivity contribution in [2.24, 2.45) is 0 Å². The molecule has 3 nitrogen and oxygen atoms in total. The zero-order valence-corrected chi connectivity index (χ0v) is 20.7. The summed E-state index contributed by atoms with van der Waals surface area (Å²) in [4.78, 5) is 10.1. The van der Waals surface area contributed by atoms with Crippen LogP contribution in [0.5, 0.6) is 0 Å². The Morgan fingerprint density at radius 1 is 0.579 bits per heavy atom. The van der Waals surface area contributed by atoms with E-state index in [-0.39, 0.29) is 0 Å². The van der Waals surface area contributed by atoms with Crippen LogP contribution < -0.4 is 0 Å². The highest BCUT2D eigenvalue weighted by Gasteiger charge is 2.29. The molecule has 0 amide bonds. The first-order valence-corrected chi connectivity index (χ1v) is 13.0. The molecule has 3 heteroatoms. The first kappa shape index (κ1) is 21.1. The lowest BCUT2D eigenvalue weighted by atomic mass is 9.99. The van der Waals surface area contributed by atoms with Gasteiger partial charge in [0, 0.05) is 28.5 Å². The van der Waals surface area contributed by atoms with E-state index in [2.05, 4.69) is 102 Å². The van der Waals surface area contributed by atoms with Crippen molar-refractivity contribution in [3.8, 4) is 39.6 Å². The number of rotatable bonds is 3. The average Bonchev–Trinajstić information content (AvgIpc) is 3.53. The van der Waals surface area contributed by atoms with Gasteiger partial charge < -0.3 is 4.57 Å². The maximum Gasteiger partial charge on any atom is 0.159 e. The third-order valence-corrected chi connectivity index (χ3v) is 7.72. The fourth-order valence-corrected chi connectivity index (χ4v) is 6.02. The second-order valence-corrected chi connectivity index (χ2v) is 9.83. The number of benzene rings is 5. The molecule has 8 rings (SSSR count). The van der Waals surface area contributed by atoms with Crippen LogP contribution >= 0.6 is 0 Å². The molecule has 5 aromatic carbocycles. The van der Waals surface area contributed by atoms with Gasteiger partial charge in [-0.05, 0) is 28.0 Å². The topological polar surface area (TPSA) is 30.7 Å². The summed E-state index contributed by atoms with van der Waals surface area (Å²) < 4.78 is 2.39. The lowest BCUT2D eigenvalue weighted by Crippen LogP contribution is -2.04. The molecule has 1 aliphatic rings. The zero-order valence-electron chi connectivity index (χ0n) is 20.7. The lowest BCUT2D eigenvalue weighted by molar-refractivity contribution is 1.06. The largest absolute Gasteiger partial charge is 0.305 e. The molecule has 1 aliphatic carbocycles. The highest BCUT2D eigenvalue weighted by Crippen LogP contribution is 2.47. The normalized spacial score (nSPS) is 12.1. The second-order valence-electron chi connectivity index (χ2n) is 9.83. The predicted octanol–water partition coefficient (Wildman–Crippen LogP) is 8.48. The Labute approximate surface area is 220 Å². The summed E-state index contributed by atoms with van der Waals surface area (Å²) in [7, 11) is 0. The highest BCUT2D eigenvalue weighted by molar-refractivity contribution is 6.02. The predicted molar refractivity (Wildman–Crippen MR) is 155 cm³/mol. The van der Waals surface area contributed by atoms with Crippen molar-refractivity contribution in [1.29, 1.82) is 0 Å². The monoisotopic (exact) mass is 485 g/mol. The van der Waals surface area contributed by atoms with Crippen LogP contribution in [-0.2, 0) is 6.42 Å². The molecular formula is C35H23N3. The van der Waals surface area contributed by atoms with Crippen molar-refractivity contribution >= 4 is 21.7 Å². The summed E-state index contributed by atoms with van der Waals surface area (Å²) in [6, 6.07) is 42.6. The third-order valence-electron chi connectivity index (χ3n) is 7.72. The number of aromatic nitrogens is 3. The molecule has 0 saturated heterocycles. The number of para-hydroxylation sites is 1. The van der Waals surface area contributed by atoms with Gasteiger partial charge in [0.2, 0.25) is 0 Å². The van der Waals surface area contributed by atoms with Gasteiger partial charge in [0.25, 0.3) is 0 Å². The number of hydrogen-bond donors (Lipinski definition) is 0. The standard InChI is InChI=1S/C35H23N3/c1-3-12-24(13-4-1)33-32(22-36-35(37-33)25-14-5-2-6-15-25)38-31-18-10-9-17-27(31)30-21-29-26-16-8-7-11-23(26)19-20-28(29)34(30)38/h1-20,22H,21H2. The van der Waals surface area contributed by atoms with E-state index in [1.807, 2.05) is 30.5 Å². The maximum absolute atomic E-state index is 5.18. The smallest absolute Gasteiger partial charge is 0.159 e. The molecule has 178 valence electrons. The molecule has 0 spiro atoms. The third kappa shape index (κ3) is 3.09. The Morgan fingerprint density at radius 2 is 1.26 bits per heavy atom. The van der Waals surface area contributed by atoms with Crippen LogP contribution in [0, 0.1) is 0 Å². The van der Waals surface area contributed by atoms with E-state index in [0.29, 0.717) is 0 Å². The molecule has 0 saturated carbocycles. The summed E-state index contributed by atoms with van der Waals surface area (Å²) in [6.45, 7) is 0. The fourth-order valence-electron chi connectivity index (χ4n) is 6.02. The van der Waals surface area contributed by atoms with Gasteiger partial charge in [-0.3, -0.25) is 0 Å². The van der Waals surface area contributed by atoms with Gasteiger partial charge in [-0.25, -0.2) is 9.97 Å². The van der Waals surface area contributed by atoms with Crippen LogP contribution in [0.3, 0.4) is 0 Å². The summed E-state index contributed by atoms with van der Waals surface area (Å²) in [5, 5.41) is 3.90. The first-order valence-electron chi connectivity index (χ1n) is 13.0. The Kier molecular flexibility index (Phi) is 4.58. The SMILES string of the molecule is c1ccc(-c2ncc(-n3c4c(c5ccccc53)Cc3c-4ccc4ccccc34)c(-c3ccccc3)n2)cc1. The molecule has 0 N–H and O–H groups in total. The Bertz CT molecular complexity index is 1990. The minimum absolute atomic E-state index is 0.729. The summed E-state index contributed by atoms with van der Waals surface area (Å²) in [5.74, 6) is 0.729. The minimum Gasteiger partial charge on any atom is -0.305 e. The van der Waals surface area contributed by atoms with Crippen LogP contribution in [0.2, 0.25) is 0 Å². The quantitative estimate of drug-likeness (QED) is 0.251. The zero-order chi connectivity index (χ0) is 25.1. The fraction of sp³-hybridized carbons (Fsp3) is 0.0286. The lowest BCUT2D eigenvalue weighted by Gasteiger charge is -2.16. The van der Waals surface area contributed by atoms with Crippen molar-refractivity contribution < 1.29 is 0 Å². The van der Waals surface area contributed by atoms with Gasteiger partial charge in [-0.1, -0.05) is 115 Å². The van der Waals surface area contributed by atoms with Crippen LogP contribution in [0.15, 0.2) is 128 Å². The summed E-state index contributed by atoms with van der Waals surface area (Å²) in [5.41, 5.74) is 10.5. The van der Waals surface area contributed by atoms with E-state index in [4.69, 9.17) is 9.97 Å². The van der Waals surface area contributed by atoms with Gasteiger partial charge in [0.05, 0.1) is 28.8 Å².